The number of pyridine rings is 1. The third-order valence-corrected chi connectivity index (χ3v) is 3.76. The molecule has 0 aliphatic heterocycles. The lowest BCUT2D eigenvalue weighted by Gasteiger charge is -2.24. The molecule has 0 aliphatic carbocycles. The third-order valence-electron chi connectivity index (χ3n) is 3.76. The molecule has 0 spiro atoms. The van der Waals surface area contributed by atoms with Gasteiger partial charge in [-0.25, -0.2) is 0 Å². The first-order valence-corrected chi connectivity index (χ1v) is 6.75. The first kappa shape index (κ1) is 13.8. The molecule has 19 heavy (non-hydrogen) atoms. The number of hydrogen-bond donors (Lipinski definition) is 1. The molecule has 0 fully saturated rings. The molecule has 2 atom stereocenters. The largest absolute Gasteiger partial charge is 0.323 e. The van der Waals surface area contributed by atoms with Crippen LogP contribution < -0.4 is 5.73 Å². The van der Waals surface area contributed by atoms with Crippen LogP contribution in [-0.2, 0) is 0 Å². The maximum Gasteiger partial charge on any atom is 0.0450 e. The number of nitrogens with zero attached hydrogens (tertiary/aromatic N) is 1. The summed E-state index contributed by atoms with van der Waals surface area (Å²) in [5.74, 6) is 0.210. The topological polar surface area (TPSA) is 38.9 Å². The van der Waals surface area contributed by atoms with Crippen LogP contribution in [0.15, 0.2) is 36.5 Å². The molecular formula is C17H22N2. The SMILES string of the molecule is Cc1cc(C)c(C(N)C(C)c2ccccn2)c(C)c1. The summed E-state index contributed by atoms with van der Waals surface area (Å²) in [6.45, 7) is 8.55. The van der Waals surface area contributed by atoms with Gasteiger partial charge in [0.05, 0.1) is 0 Å². The summed E-state index contributed by atoms with van der Waals surface area (Å²) in [6.07, 6.45) is 1.83. The van der Waals surface area contributed by atoms with Crippen LogP contribution in [-0.4, -0.2) is 4.98 Å². The van der Waals surface area contributed by atoms with Crippen LogP contribution in [0.4, 0.5) is 0 Å². The zero-order valence-electron chi connectivity index (χ0n) is 12.1. The van der Waals surface area contributed by atoms with Crippen LogP contribution in [0, 0.1) is 20.8 Å². The van der Waals surface area contributed by atoms with Crippen molar-refractivity contribution in [1.29, 1.82) is 0 Å². The molecule has 0 aliphatic rings. The van der Waals surface area contributed by atoms with Crippen molar-refractivity contribution in [1.82, 2.24) is 4.98 Å². The van der Waals surface area contributed by atoms with Crippen LogP contribution in [0.5, 0.6) is 0 Å². The van der Waals surface area contributed by atoms with Crippen molar-refractivity contribution in [3.05, 3.63) is 64.5 Å². The molecular weight excluding hydrogens is 232 g/mol. The van der Waals surface area contributed by atoms with Crippen LogP contribution >= 0.6 is 0 Å². The van der Waals surface area contributed by atoms with Crippen LogP contribution in [0.2, 0.25) is 0 Å². The predicted molar refractivity (Wildman–Crippen MR) is 80.2 cm³/mol. The number of benzene rings is 1. The molecule has 2 aromatic rings. The summed E-state index contributed by atoms with van der Waals surface area (Å²) in [4.78, 5) is 4.42. The first-order valence-electron chi connectivity index (χ1n) is 6.75. The molecule has 2 nitrogen and oxygen atoms in total. The van der Waals surface area contributed by atoms with Gasteiger partial charge in [-0.1, -0.05) is 30.7 Å². The lowest BCUT2D eigenvalue weighted by molar-refractivity contribution is 0.578. The lowest BCUT2D eigenvalue weighted by atomic mass is 9.86. The quantitative estimate of drug-likeness (QED) is 0.904. The minimum absolute atomic E-state index is 0.0181. The van der Waals surface area contributed by atoms with Gasteiger partial charge in [0.25, 0.3) is 0 Å². The van der Waals surface area contributed by atoms with Gasteiger partial charge >= 0.3 is 0 Å². The van der Waals surface area contributed by atoms with E-state index in [0.717, 1.165) is 5.69 Å². The maximum absolute atomic E-state index is 6.48. The van der Waals surface area contributed by atoms with Crippen molar-refractivity contribution in [3.63, 3.8) is 0 Å². The number of aromatic nitrogens is 1. The smallest absolute Gasteiger partial charge is 0.0450 e. The van der Waals surface area contributed by atoms with E-state index in [1.807, 2.05) is 24.4 Å². The predicted octanol–water partition coefficient (Wildman–Crippen LogP) is 3.81. The Hall–Kier alpha value is -1.67. The highest BCUT2D eigenvalue weighted by molar-refractivity contribution is 5.40. The summed E-state index contributed by atoms with van der Waals surface area (Å²) < 4.78 is 0. The van der Waals surface area contributed by atoms with Crippen molar-refractivity contribution >= 4 is 0 Å². The minimum Gasteiger partial charge on any atom is -0.323 e. The highest BCUT2D eigenvalue weighted by Gasteiger charge is 2.21. The third kappa shape index (κ3) is 2.85. The molecule has 0 bridgehead atoms. The van der Waals surface area contributed by atoms with Gasteiger partial charge in [0.1, 0.15) is 0 Å². The number of nitrogens with two attached hydrogens (primary N) is 1. The van der Waals surface area contributed by atoms with Crippen molar-refractivity contribution in [3.8, 4) is 0 Å². The number of hydrogen-bond acceptors (Lipinski definition) is 2. The molecule has 0 amide bonds. The normalized spacial score (nSPS) is 14.2. The molecule has 1 heterocycles. The van der Waals surface area contributed by atoms with Crippen molar-refractivity contribution in [2.45, 2.75) is 39.7 Å². The first-order chi connectivity index (χ1) is 9.00. The molecule has 0 saturated heterocycles. The van der Waals surface area contributed by atoms with E-state index in [1.165, 1.54) is 22.3 Å². The van der Waals surface area contributed by atoms with Crippen LogP contribution in [0.1, 0.15) is 46.8 Å². The van der Waals surface area contributed by atoms with E-state index in [1.54, 1.807) is 0 Å². The van der Waals surface area contributed by atoms with Crippen molar-refractivity contribution in [2.24, 2.45) is 5.73 Å². The summed E-state index contributed by atoms with van der Waals surface area (Å²) in [5, 5.41) is 0. The average molecular weight is 254 g/mol. The number of aryl methyl sites for hydroxylation is 3. The molecule has 2 rings (SSSR count). The summed E-state index contributed by atoms with van der Waals surface area (Å²) in [5.41, 5.74) is 12.6. The second kappa shape index (κ2) is 5.54. The molecule has 2 heteroatoms. The van der Waals surface area contributed by atoms with Crippen molar-refractivity contribution in [2.75, 3.05) is 0 Å². The summed E-state index contributed by atoms with van der Waals surface area (Å²) >= 11 is 0. The molecule has 0 saturated carbocycles. The van der Waals surface area contributed by atoms with Gasteiger partial charge in [-0.05, 0) is 49.6 Å². The van der Waals surface area contributed by atoms with E-state index in [4.69, 9.17) is 5.73 Å². The fourth-order valence-corrected chi connectivity index (χ4v) is 2.80. The van der Waals surface area contributed by atoms with E-state index in [2.05, 4.69) is 44.8 Å². The molecule has 1 aromatic heterocycles. The van der Waals surface area contributed by atoms with Gasteiger partial charge in [-0.2, -0.15) is 0 Å². The Labute approximate surface area is 115 Å². The molecule has 0 radical (unpaired) electrons. The Morgan fingerprint density at radius 1 is 1.05 bits per heavy atom. The Bertz CT molecular complexity index is 538. The van der Waals surface area contributed by atoms with E-state index < -0.39 is 0 Å². The van der Waals surface area contributed by atoms with Gasteiger partial charge in [-0.15, -0.1) is 0 Å². The average Bonchev–Trinajstić information content (AvgIpc) is 2.37. The number of rotatable bonds is 3. The second-order valence-electron chi connectivity index (χ2n) is 5.38. The molecule has 2 N–H and O–H groups in total. The van der Waals surface area contributed by atoms with Crippen LogP contribution in [0.3, 0.4) is 0 Å². The second-order valence-corrected chi connectivity index (χ2v) is 5.38. The molecule has 2 unspecified atom stereocenters. The fraction of sp³-hybridized carbons (Fsp3) is 0.353. The highest BCUT2D eigenvalue weighted by atomic mass is 14.7. The van der Waals surface area contributed by atoms with Gasteiger partial charge < -0.3 is 5.73 Å². The summed E-state index contributed by atoms with van der Waals surface area (Å²) in [7, 11) is 0. The zero-order chi connectivity index (χ0) is 14.0. The fourth-order valence-electron chi connectivity index (χ4n) is 2.80. The molecule has 1 aromatic carbocycles. The zero-order valence-corrected chi connectivity index (χ0v) is 12.1. The Morgan fingerprint density at radius 3 is 2.21 bits per heavy atom. The van der Waals surface area contributed by atoms with E-state index in [9.17, 15) is 0 Å². The maximum atomic E-state index is 6.48. The van der Waals surface area contributed by atoms with Gasteiger partial charge in [0.15, 0.2) is 0 Å². The van der Waals surface area contributed by atoms with Gasteiger partial charge in [0, 0.05) is 23.9 Å². The lowest BCUT2D eigenvalue weighted by Crippen LogP contribution is -2.20. The monoisotopic (exact) mass is 254 g/mol. The van der Waals surface area contributed by atoms with Gasteiger partial charge in [-0.3, -0.25) is 4.98 Å². The Kier molecular flexibility index (Phi) is 4.01. The Balaban J connectivity index is 2.37. The summed E-state index contributed by atoms with van der Waals surface area (Å²) in [6, 6.07) is 10.4. The van der Waals surface area contributed by atoms with Crippen LogP contribution in [0.25, 0.3) is 0 Å². The van der Waals surface area contributed by atoms with E-state index in [-0.39, 0.29) is 12.0 Å². The standard InChI is InChI=1S/C17H22N2/c1-11-9-12(2)16(13(3)10-11)17(18)14(4)15-7-5-6-8-19-15/h5-10,14,17H,18H2,1-4H3. The van der Waals surface area contributed by atoms with Crippen molar-refractivity contribution < 1.29 is 0 Å². The minimum atomic E-state index is -0.0181. The highest BCUT2D eigenvalue weighted by Crippen LogP contribution is 2.31. The van der Waals surface area contributed by atoms with E-state index in [0.29, 0.717) is 0 Å². The van der Waals surface area contributed by atoms with Gasteiger partial charge in [0.2, 0.25) is 0 Å². The van der Waals surface area contributed by atoms with E-state index >= 15 is 0 Å². The Morgan fingerprint density at radius 2 is 1.68 bits per heavy atom. The molecule has 100 valence electrons.